The Morgan fingerprint density at radius 2 is 2.35 bits per heavy atom. The molecule has 1 N–H and O–H groups in total. The van der Waals surface area contributed by atoms with E-state index in [4.69, 9.17) is 11.6 Å². The van der Waals surface area contributed by atoms with E-state index >= 15 is 0 Å². The van der Waals surface area contributed by atoms with Gasteiger partial charge in [-0.25, -0.2) is 0 Å². The van der Waals surface area contributed by atoms with E-state index in [9.17, 15) is 4.79 Å². The summed E-state index contributed by atoms with van der Waals surface area (Å²) >= 11 is 7.37. The number of carbonyl (C=O) groups excluding carboxylic acids is 1. The smallest absolute Gasteiger partial charge is 0.262 e. The highest BCUT2D eigenvalue weighted by Crippen LogP contribution is 2.22. The number of likely N-dealkylation sites (tertiary alicyclic amines) is 1. The van der Waals surface area contributed by atoms with Gasteiger partial charge in [0.15, 0.2) is 0 Å². The minimum Gasteiger partial charge on any atom is -0.351 e. The fourth-order valence-corrected chi connectivity index (χ4v) is 3.97. The molecule has 6 heteroatoms. The van der Waals surface area contributed by atoms with Crippen molar-refractivity contribution in [3.8, 4) is 0 Å². The van der Waals surface area contributed by atoms with Gasteiger partial charge < -0.3 is 5.32 Å². The van der Waals surface area contributed by atoms with Crippen LogP contribution in [0.15, 0.2) is 29.6 Å². The lowest BCUT2D eigenvalue weighted by atomic mass is 10.1. The van der Waals surface area contributed by atoms with E-state index in [0.29, 0.717) is 22.4 Å². The quantitative estimate of drug-likeness (QED) is 0.900. The Kier molecular flexibility index (Phi) is 5.30. The highest BCUT2D eigenvalue weighted by Gasteiger charge is 2.23. The normalized spacial score (nSPS) is 18.3. The Morgan fingerprint density at radius 1 is 1.48 bits per heavy atom. The van der Waals surface area contributed by atoms with E-state index in [1.54, 1.807) is 6.07 Å². The first-order valence-corrected chi connectivity index (χ1v) is 9.03. The van der Waals surface area contributed by atoms with Gasteiger partial charge in [0.1, 0.15) is 4.88 Å². The molecule has 1 aliphatic rings. The second kappa shape index (κ2) is 7.43. The van der Waals surface area contributed by atoms with Gasteiger partial charge in [-0.3, -0.25) is 14.7 Å². The molecule has 23 heavy (non-hydrogen) atoms. The highest BCUT2D eigenvalue weighted by molar-refractivity contribution is 7.12. The summed E-state index contributed by atoms with van der Waals surface area (Å²) in [7, 11) is 0. The third-order valence-electron chi connectivity index (χ3n) is 4.08. The fourth-order valence-electron chi connectivity index (χ4n) is 2.91. The van der Waals surface area contributed by atoms with E-state index < -0.39 is 0 Å². The number of halogens is 1. The molecule has 0 radical (unpaired) electrons. The summed E-state index contributed by atoms with van der Waals surface area (Å²) in [6, 6.07) is 7.89. The van der Waals surface area contributed by atoms with Gasteiger partial charge in [0, 0.05) is 25.3 Å². The van der Waals surface area contributed by atoms with Crippen molar-refractivity contribution in [2.45, 2.75) is 19.9 Å². The van der Waals surface area contributed by atoms with Crippen LogP contribution >= 0.6 is 22.9 Å². The molecule has 1 atom stereocenters. The van der Waals surface area contributed by atoms with E-state index in [1.807, 2.05) is 18.4 Å². The second-order valence-electron chi connectivity index (χ2n) is 5.97. The number of nitrogens with one attached hydrogen (secondary N) is 1. The summed E-state index contributed by atoms with van der Waals surface area (Å²) in [5, 5.41) is 5.38. The van der Waals surface area contributed by atoms with Crippen molar-refractivity contribution in [1.29, 1.82) is 0 Å². The zero-order valence-corrected chi connectivity index (χ0v) is 14.7. The number of pyridine rings is 1. The first-order chi connectivity index (χ1) is 11.1. The number of carbonyl (C=O) groups is 1. The number of rotatable bonds is 5. The molecule has 0 aromatic carbocycles. The Bertz CT molecular complexity index is 688. The molecular formula is C17H20ClN3OS. The number of nitrogens with zero attached hydrogens (tertiary/aromatic N) is 2. The summed E-state index contributed by atoms with van der Waals surface area (Å²) in [4.78, 5) is 19.6. The van der Waals surface area contributed by atoms with Crippen molar-refractivity contribution < 1.29 is 4.79 Å². The first-order valence-electron chi connectivity index (χ1n) is 7.78. The summed E-state index contributed by atoms with van der Waals surface area (Å²) in [5.74, 6) is 0.422. The standard InChI is InChI=1S/C17H20ClN3OS/c1-12-3-2-4-14(20-12)11-21-7-5-13(10-21)9-19-17(22)16-15(18)6-8-23-16/h2-4,6,8,13H,5,7,9-11H2,1H3,(H,19,22). The molecule has 1 aliphatic heterocycles. The van der Waals surface area contributed by atoms with Crippen molar-refractivity contribution in [3.63, 3.8) is 0 Å². The van der Waals surface area contributed by atoms with Gasteiger partial charge in [0.2, 0.25) is 0 Å². The lowest BCUT2D eigenvalue weighted by Crippen LogP contribution is -2.30. The maximum absolute atomic E-state index is 12.1. The maximum atomic E-state index is 12.1. The third kappa shape index (κ3) is 4.31. The van der Waals surface area contributed by atoms with E-state index in [1.165, 1.54) is 11.3 Å². The van der Waals surface area contributed by atoms with Crippen LogP contribution in [0.3, 0.4) is 0 Å². The van der Waals surface area contributed by atoms with Gasteiger partial charge in [-0.2, -0.15) is 0 Å². The molecule has 122 valence electrons. The Hall–Kier alpha value is -1.43. The van der Waals surface area contributed by atoms with Gasteiger partial charge in [0.25, 0.3) is 5.91 Å². The van der Waals surface area contributed by atoms with Crippen LogP contribution in [0.1, 0.15) is 27.5 Å². The van der Waals surface area contributed by atoms with Gasteiger partial charge in [-0.05, 0) is 49.4 Å². The number of aryl methyl sites for hydroxylation is 1. The lowest BCUT2D eigenvalue weighted by Gasteiger charge is -2.16. The van der Waals surface area contributed by atoms with E-state index in [2.05, 4.69) is 27.3 Å². The molecule has 0 bridgehead atoms. The second-order valence-corrected chi connectivity index (χ2v) is 7.29. The molecule has 1 saturated heterocycles. The van der Waals surface area contributed by atoms with Crippen LogP contribution in [0, 0.1) is 12.8 Å². The highest BCUT2D eigenvalue weighted by atomic mass is 35.5. The Morgan fingerprint density at radius 3 is 3.09 bits per heavy atom. The van der Waals surface area contributed by atoms with E-state index in [0.717, 1.165) is 37.4 Å². The van der Waals surface area contributed by atoms with Crippen LogP contribution in [0.25, 0.3) is 0 Å². The zero-order chi connectivity index (χ0) is 16.2. The molecule has 2 aromatic heterocycles. The predicted molar refractivity (Wildman–Crippen MR) is 94.0 cm³/mol. The summed E-state index contributed by atoms with van der Waals surface area (Å²) in [6.45, 7) is 5.64. The van der Waals surface area contributed by atoms with Crippen molar-refractivity contribution in [3.05, 3.63) is 50.9 Å². The van der Waals surface area contributed by atoms with Crippen LogP contribution in [-0.2, 0) is 6.54 Å². The fraction of sp³-hybridized carbons (Fsp3) is 0.412. The summed E-state index contributed by atoms with van der Waals surface area (Å²) in [6.07, 6.45) is 1.10. The molecule has 2 aromatic rings. The molecule has 3 rings (SSSR count). The molecule has 0 saturated carbocycles. The van der Waals surface area contributed by atoms with Gasteiger partial charge in [-0.15, -0.1) is 11.3 Å². The lowest BCUT2D eigenvalue weighted by molar-refractivity contribution is 0.0951. The molecule has 3 heterocycles. The topological polar surface area (TPSA) is 45.2 Å². The molecule has 0 spiro atoms. The van der Waals surface area contributed by atoms with Crippen LogP contribution in [0.2, 0.25) is 5.02 Å². The minimum absolute atomic E-state index is 0.0659. The molecular weight excluding hydrogens is 330 g/mol. The average Bonchev–Trinajstić information content (AvgIpc) is 3.14. The Labute approximate surface area is 145 Å². The van der Waals surface area contributed by atoms with Crippen molar-refractivity contribution >= 4 is 28.8 Å². The minimum atomic E-state index is -0.0659. The number of thiophene rings is 1. The first kappa shape index (κ1) is 16.4. The SMILES string of the molecule is Cc1cccc(CN2CCC(CNC(=O)c3sccc3Cl)C2)n1. The van der Waals surface area contributed by atoms with Crippen molar-refractivity contribution in [1.82, 2.24) is 15.2 Å². The van der Waals surface area contributed by atoms with Crippen LogP contribution in [0.4, 0.5) is 0 Å². The largest absolute Gasteiger partial charge is 0.351 e. The molecule has 1 unspecified atom stereocenters. The maximum Gasteiger partial charge on any atom is 0.262 e. The molecule has 4 nitrogen and oxygen atoms in total. The van der Waals surface area contributed by atoms with Crippen LogP contribution in [0.5, 0.6) is 0 Å². The number of hydrogen-bond acceptors (Lipinski definition) is 4. The van der Waals surface area contributed by atoms with Gasteiger partial charge in [0.05, 0.1) is 10.7 Å². The monoisotopic (exact) mass is 349 g/mol. The number of amides is 1. The third-order valence-corrected chi connectivity index (χ3v) is 5.42. The zero-order valence-electron chi connectivity index (χ0n) is 13.1. The molecule has 0 aliphatic carbocycles. The average molecular weight is 350 g/mol. The van der Waals surface area contributed by atoms with Crippen molar-refractivity contribution in [2.24, 2.45) is 5.92 Å². The van der Waals surface area contributed by atoms with Gasteiger partial charge in [-0.1, -0.05) is 17.7 Å². The molecule has 1 fully saturated rings. The summed E-state index contributed by atoms with van der Waals surface area (Å²) < 4.78 is 0. The predicted octanol–water partition coefficient (Wildman–Crippen LogP) is 3.36. The van der Waals surface area contributed by atoms with Crippen LogP contribution < -0.4 is 5.32 Å². The van der Waals surface area contributed by atoms with Crippen LogP contribution in [-0.4, -0.2) is 35.4 Å². The van der Waals surface area contributed by atoms with Gasteiger partial charge >= 0.3 is 0 Å². The van der Waals surface area contributed by atoms with E-state index in [-0.39, 0.29) is 5.91 Å². The number of aromatic nitrogens is 1. The summed E-state index contributed by atoms with van der Waals surface area (Å²) in [5.41, 5.74) is 2.17. The van der Waals surface area contributed by atoms with Crippen molar-refractivity contribution in [2.75, 3.05) is 19.6 Å². The number of hydrogen-bond donors (Lipinski definition) is 1. The Balaban J connectivity index is 1.47. The molecule has 1 amide bonds.